The Morgan fingerprint density at radius 2 is 1.90 bits per heavy atom. The quantitative estimate of drug-likeness (QED) is 0.804. The molecule has 1 N–H and O–H groups in total. The number of amides is 2. The van der Waals surface area contributed by atoms with Crippen molar-refractivity contribution in [2.75, 3.05) is 29.9 Å². The maximum Gasteiger partial charge on any atom is 0.245 e. The van der Waals surface area contributed by atoms with Gasteiger partial charge in [0.05, 0.1) is 4.90 Å². The third kappa shape index (κ3) is 4.01. The Morgan fingerprint density at radius 1 is 1.10 bits per heavy atom. The van der Waals surface area contributed by atoms with Crippen LogP contribution in [-0.4, -0.2) is 49.2 Å². The molecule has 2 aliphatic rings. The number of carbonyl (C=O) groups is 2. The Kier molecular flexibility index (Phi) is 5.33. The SMILES string of the molecule is O=C(CN1C(=O)CCc2cc(S(=O)(=O)N3CCCC3)ccc21)Nc1ccccn1. The summed E-state index contributed by atoms with van der Waals surface area (Å²) in [5.41, 5.74) is 1.34. The van der Waals surface area contributed by atoms with Gasteiger partial charge in [-0.1, -0.05) is 6.07 Å². The van der Waals surface area contributed by atoms with Gasteiger partial charge in [0.2, 0.25) is 21.8 Å². The van der Waals surface area contributed by atoms with E-state index in [1.165, 1.54) is 15.3 Å². The topological polar surface area (TPSA) is 99.7 Å². The lowest BCUT2D eigenvalue weighted by Gasteiger charge is -2.29. The van der Waals surface area contributed by atoms with Crippen molar-refractivity contribution in [2.24, 2.45) is 0 Å². The van der Waals surface area contributed by atoms with E-state index in [0.29, 0.717) is 31.0 Å². The van der Waals surface area contributed by atoms with Crippen molar-refractivity contribution in [1.29, 1.82) is 0 Å². The highest BCUT2D eigenvalue weighted by Gasteiger charge is 2.31. The van der Waals surface area contributed by atoms with Crippen LogP contribution in [0.15, 0.2) is 47.5 Å². The number of anilines is 2. The van der Waals surface area contributed by atoms with Gasteiger partial charge in [-0.2, -0.15) is 4.31 Å². The van der Waals surface area contributed by atoms with Crippen molar-refractivity contribution < 1.29 is 18.0 Å². The lowest BCUT2D eigenvalue weighted by atomic mass is 10.0. The van der Waals surface area contributed by atoms with Crippen LogP contribution in [0.4, 0.5) is 11.5 Å². The molecule has 152 valence electrons. The zero-order valence-electron chi connectivity index (χ0n) is 15.9. The molecule has 0 unspecified atom stereocenters. The Bertz CT molecular complexity index is 1030. The minimum absolute atomic E-state index is 0.152. The summed E-state index contributed by atoms with van der Waals surface area (Å²) >= 11 is 0. The van der Waals surface area contributed by atoms with E-state index < -0.39 is 10.0 Å². The maximum absolute atomic E-state index is 12.8. The summed E-state index contributed by atoms with van der Waals surface area (Å²) in [5, 5.41) is 2.67. The summed E-state index contributed by atoms with van der Waals surface area (Å²) < 4.78 is 27.1. The van der Waals surface area contributed by atoms with Crippen LogP contribution in [0.25, 0.3) is 0 Å². The summed E-state index contributed by atoms with van der Waals surface area (Å²) in [4.78, 5) is 30.5. The van der Waals surface area contributed by atoms with Gasteiger partial charge in [-0.3, -0.25) is 9.59 Å². The molecule has 1 fully saturated rings. The van der Waals surface area contributed by atoms with Crippen LogP contribution in [0.3, 0.4) is 0 Å². The predicted octanol–water partition coefficient (Wildman–Crippen LogP) is 1.78. The molecule has 2 aliphatic heterocycles. The number of benzene rings is 1. The zero-order valence-corrected chi connectivity index (χ0v) is 16.7. The molecule has 0 radical (unpaired) electrons. The van der Waals surface area contributed by atoms with Crippen molar-refractivity contribution >= 4 is 33.3 Å². The Hall–Kier alpha value is -2.78. The Balaban J connectivity index is 1.56. The molecular weight excluding hydrogens is 392 g/mol. The van der Waals surface area contributed by atoms with Crippen molar-refractivity contribution in [2.45, 2.75) is 30.6 Å². The first-order valence-corrected chi connectivity index (χ1v) is 11.0. The van der Waals surface area contributed by atoms with Gasteiger partial charge in [0.25, 0.3) is 0 Å². The van der Waals surface area contributed by atoms with Gasteiger partial charge in [-0.15, -0.1) is 0 Å². The average molecular weight is 414 g/mol. The third-order valence-corrected chi connectivity index (χ3v) is 7.08. The lowest BCUT2D eigenvalue weighted by Crippen LogP contribution is -2.41. The molecular formula is C20H22N4O4S. The zero-order chi connectivity index (χ0) is 20.4. The molecule has 8 nitrogen and oxygen atoms in total. The molecule has 0 spiro atoms. The van der Waals surface area contributed by atoms with E-state index in [9.17, 15) is 18.0 Å². The summed E-state index contributed by atoms with van der Waals surface area (Å²) in [6.07, 6.45) is 4.00. The third-order valence-electron chi connectivity index (χ3n) is 5.19. The van der Waals surface area contributed by atoms with E-state index in [-0.39, 0.29) is 29.7 Å². The van der Waals surface area contributed by atoms with Gasteiger partial charge in [0.15, 0.2) is 0 Å². The summed E-state index contributed by atoms with van der Waals surface area (Å²) in [6, 6.07) is 9.96. The van der Waals surface area contributed by atoms with Crippen LogP contribution in [0, 0.1) is 0 Å². The fourth-order valence-corrected chi connectivity index (χ4v) is 5.28. The molecule has 4 rings (SSSR count). The molecule has 1 aromatic carbocycles. The summed E-state index contributed by atoms with van der Waals surface area (Å²) in [5.74, 6) is -0.114. The van der Waals surface area contributed by atoms with E-state index in [4.69, 9.17) is 0 Å². The Morgan fingerprint density at radius 3 is 2.62 bits per heavy atom. The molecule has 0 aliphatic carbocycles. The minimum Gasteiger partial charge on any atom is -0.309 e. The van der Waals surface area contributed by atoms with Gasteiger partial charge in [-0.05, 0) is 55.2 Å². The summed E-state index contributed by atoms with van der Waals surface area (Å²) in [7, 11) is -3.52. The summed E-state index contributed by atoms with van der Waals surface area (Å²) in [6.45, 7) is 0.927. The standard InChI is InChI=1S/C20H22N4O4S/c25-19(22-18-5-1-2-10-21-18)14-24-17-8-7-16(13-15(17)6-9-20(24)26)29(27,28)23-11-3-4-12-23/h1-2,5,7-8,10,13H,3-4,6,9,11-12,14H2,(H,21,22,25). The van der Waals surface area contributed by atoms with Gasteiger partial charge >= 0.3 is 0 Å². The number of aryl methyl sites for hydroxylation is 1. The second kappa shape index (κ2) is 7.92. The molecule has 1 aromatic heterocycles. The van der Waals surface area contributed by atoms with Crippen LogP contribution in [-0.2, 0) is 26.0 Å². The van der Waals surface area contributed by atoms with Gasteiger partial charge in [0.1, 0.15) is 12.4 Å². The van der Waals surface area contributed by atoms with Gasteiger partial charge in [0, 0.05) is 31.4 Å². The molecule has 2 amide bonds. The predicted molar refractivity (Wildman–Crippen MR) is 108 cm³/mol. The number of nitrogens with zero attached hydrogens (tertiary/aromatic N) is 3. The smallest absolute Gasteiger partial charge is 0.245 e. The van der Waals surface area contributed by atoms with Crippen LogP contribution in [0.2, 0.25) is 0 Å². The van der Waals surface area contributed by atoms with E-state index in [1.807, 2.05) is 0 Å². The molecule has 0 bridgehead atoms. The second-order valence-corrected chi connectivity index (χ2v) is 9.08. The van der Waals surface area contributed by atoms with Gasteiger partial charge in [-0.25, -0.2) is 13.4 Å². The van der Waals surface area contributed by atoms with Crippen molar-refractivity contribution in [1.82, 2.24) is 9.29 Å². The first-order chi connectivity index (χ1) is 13.9. The van der Waals surface area contributed by atoms with Crippen molar-refractivity contribution in [3.63, 3.8) is 0 Å². The fourth-order valence-electron chi connectivity index (χ4n) is 3.71. The van der Waals surface area contributed by atoms with E-state index in [0.717, 1.165) is 18.4 Å². The molecule has 1 saturated heterocycles. The fraction of sp³-hybridized carbons (Fsp3) is 0.350. The van der Waals surface area contributed by atoms with Crippen LogP contribution < -0.4 is 10.2 Å². The largest absolute Gasteiger partial charge is 0.309 e. The highest BCUT2D eigenvalue weighted by molar-refractivity contribution is 7.89. The number of aromatic nitrogens is 1. The molecule has 3 heterocycles. The Labute approximate surface area is 169 Å². The number of hydrogen-bond acceptors (Lipinski definition) is 5. The molecule has 9 heteroatoms. The molecule has 2 aromatic rings. The van der Waals surface area contributed by atoms with E-state index >= 15 is 0 Å². The normalized spacial score (nSPS) is 17.2. The number of carbonyl (C=O) groups excluding carboxylic acids is 2. The van der Waals surface area contributed by atoms with Crippen molar-refractivity contribution in [3.05, 3.63) is 48.2 Å². The molecule has 0 atom stereocenters. The second-order valence-electron chi connectivity index (χ2n) is 7.14. The van der Waals surface area contributed by atoms with Gasteiger partial charge < -0.3 is 10.2 Å². The monoisotopic (exact) mass is 414 g/mol. The molecule has 0 saturated carbocycles. The van der Waals surface area contributed by atoms with E-state index in [2.05, 4.69) is 10.3 Å². The lowest BCUT2D eigenvalue weighted by molar-refractivity contribution is -0.121. The maximum atomic E-state index is 12.8. The number of fused-ring (bicyclic) bond motifs is 1. The highest BCUT2D eigenvalue weighted by Crippen LogP contribution is 2.31. The number of pyridine rings is 1. The number of sulfonamides is 1. The number of rotatable bonds is 5. The van der Waals surface area contributed by atoms with Crippen LogP contribution >= 0.6 is 0 Å². The molecule has 29 heavy (non-hydrogen) atoms. The van der Waals surface area contributed by atoms with E-state index in [1.54, 1.807) is 36.5 Å². The number of nitrogens with one attached hydrogen (secondary N) is 1. The van der Waals surface area contributed by atoms with Crippen molar-refractivity contribution in [3.8, 4) is 0 Å². The minimum atomic E-state index is -3.52. The first kappa shape index (κ1) is 19.5. The highest BCUT2D eigenvalue weighted by atomic mass is 32.2. The van der Waals surface area contributed by atoms with Crippen LogP contribution in [0.1, 0.15) is 24.8 Å². The first-order valence-electron chi connectivity index (χ1n) is 9.59. The van der Waals surface area contributed by atoms with Crippen LogP contribution in [0.5, 0.6) is 0 Å². The number of hydrogen-bond donors (Lipinski definition) is 1. The average Bonchev–Trinajstić information content (AvgIpc) is 3.26.